The lowest BCUT2D eigenvalue weighted by atomic mass is 10.0. The van der Waals surface area contributed by atoms with E-state index >= 15 is 0 Å². The molecule has 2 rings (SSSR count). The molecule has 1 amide bonds. The molecular weight excluding hydrogens is 266 g/mol. The normalized spacial score (nSPS) is 24.4. The van der Waals surface area contributed by atoms with Crippen LogP contribution in [-0.4, -0.2) is 73.7 Å². The molecule has 0 bridgehead atoms. The first-order valence-corrected chi connectivity index (χ1v) is 8.60. The first-order valence-electron chi connectivity index (χ1n) is 8.60. The standard InChI is InChI=1S/C16H31N3O2/c1-3-18(12-13-21-4-2)16(20)15-6-5-11-19(15)14-7-9-17-10-8-14/h14-15,17H,3-13H2,1-2H3. The molecule has 5 nitrogen and oxygen atoms in total. The Balaban J connectivity index is 1.91. The molecule has 2 aliphatic rings. The van der Waals surface area contributed by atoms with Crippen LogP contribution in [0.4, 0.5) is 0 Å². The molecule has 122 valence electrons. The van der Waals surface area contributed by atoms with Gasteiger partial charge in [0.15, 0.2) is 0 Å². The first kappa shape index (κ1) is 16.7. The van der Waals surface area contributed by atoms with Crippen LogP contribution in [0.1, 0.15) is 39.5 Å². The summed E-state index contributed by atoms with van der Waals surface area (Å²) in [6, 6.07) is 0.697. The van der Waals surface area contributed by atoms with Gasteiger partial charge in [-0.25, -0.2) is 0 Å². The molecule has 0 saturated carbocycles. The van der Waals surface area contributed by atoms with Crippen molar-refractivity contribution in [3.05, 3.63) is 0 Å². The molecule has 0 aromatic carbocycles. The second kappa shape index (κ2) is 8.71. The maximum Gasteiger partial charge on any atom is 0.240 e. The van der Waals surface area contributed by atoms with Crippen LogP contribution in [0.5, 0.6) is 0 Å². The summed E-state index contributed by atoms with van der Waals surface area (Å²) in [5.74, 6) is 0.313. The predicted molar refractivity (Wildman–Crippen MR) is 84.4 cm³/mol. The van der Waals surface area contributed by atoms with Gasteiger partial charge in [0.05, 0.1) is 12.6 Å². The number of rotatable bonds is 7. The minimum Gasteiger partial charge on any atom is -0.380 e. The maximum absolute atomic E-state index is 12.8. The Labute approximate surface area is 129 Å². The van der Waals surface area contributed by atoms with Crippen molar-refractivity contribution >= 4 is 5.91 Å². The highest BCUT2D eigenvalue weighted by Crippen LogP contribution is 2.25. The molecule has 2 saturated heterocycles. The van der Waals surface area contributed by atoms with Crippen molar-refractivity contribution in [3.8, 4) is 0 Å². The van der Waals surface area contributed by atoms with Crippen molar-refractivity contribution < 1.29 is 9.53 Å². The van der Waals surface area contributed by atoms with Gasteiger partial charge in [0, 0.05) is 25.7 Å². The van der Waals surface area contributed by atoms with Crippen LogP contribution >= 0.6 is 0 Å². The van der Waals surface area contributed by atoms with Gasteiger partial charge >= 0.3 is 0 Å². The lowest BCUT2D eigenvalue weighted by molar-refractivity contribution is -0.137. The number of carbonyl (C=O) groups excluding carboxylic acids is 1. The third kappa shape index (κ3) is 4.41. The number of likely N-dealkylation sites (N-methyl/N-ethyl adjacent to an activating group) is 1. The number of nitrogens with zero attached hydrogens (tertiary/aromatic N) is 2. The maximum atomic E-state index is 12.8. The summed E-state index contributed by atoms with van der Waals surface area (Å²) in [7, 11) is 0. The molecule has 0 aromatic rings. The Hall–Kier alpha value is -0.650. The molecule has 2 heterocycles. The average Bonchev–Trinajstić information content (AvgIpc) is 3.01. The molecular formula is C16H31N3O2. The van der Waals surface area contributed by atoms with E-state index in [2.05, 4.69) is 17.1 Å². The van der Waals surface area contributed by atoms with Gasteiger partial charge in [0.1, 0.15) is 0 Å². The number of nitrogens with one attached hydrogen (secondary N) is 1. The number of hydrogen-bond acceptors (Lipinski definition) is 4. The highest BCUT2D eigenvalue weighted by atomic mass is 16.5. The van der Waals surface area contributed by atoms with E-state index in [4.69, 9.17) is 4.74 Å². The summed E-state index contributed by atoms with van der Waals surface area (Å²) in [5, 5.41) is 3.41. The Morgan fingerprint density at radius 2 is 2.05 bits per heavy atom. The molecule has 0 spiro atoms. The number of piperidine rings is 1. The summed E-state index contributed by atoms with van der Waals surface area (Å²) in [6.07, 6.45) is 4.53. The topological polar surface area (TPSA) is 44.8 Å². The first-order chi connectivity index (χ1) is 10.3. The molecule has 2 fully saturated rings. The smallest absolute Gasteiger partial charge is 0.240 e. The van der Waals surface area contributed by atoms with Gasteiger partial charge in [-0.2, -0.15) is 0 Å². The van der Waals surface area contributed by atoms with E-state index < -0.39 is 0 Å². The predicted octanol–water partition coefficient (Wildman–Crippen LogP) is 1.09. The summed E-state index contributed by atoms with van der Waals surface area (Å²) in [5.41, 5.74) is 0. The zero-order valence-electron chi connectivity index (χ0n) is 13.6. The molecule has 21 heavy (non-hydrogen) atoms. The third-order valence-electron chi connectivity index (χ3n) is 4.76. The second-order valence-electron chi connectivity index (χ2n) is 5.99. The zero-order chi connectivity index (χ0) is 15.1. The van der Waals surface area contributed by atoms with Crippen LogP contribution in [0.25, 0.3) is 0 Å². The average molecular weight is 297 g/mol. The van der Waals surface area contributed by atoms with Gasteiger partial charge in [-0.1, -0.05) is 0 Å². The van der Waals surface area contributed by atoms with Gasteiger partial charge in [-0.15, -0.1) is 0 Å². The molecule has 5 heteroatoms. The molecule has 1 N–H and O–H groups in total. The van der Waals surface area contributed by atoms with Crippen molar-refractivity contribution in [2.75, 3.05) is 45.9 Å². The van der Waals surface area contributed by atoms with Crippen LogP contribution in [0, 0.1) is 0 Å². The largest absolute Gasteiger partial charge is 0.380 e. The van der Waals surface area contributed by atoms with E-state index in [0.717, 1.165) is 52.2 Å². The quantitative estimate of drug-likeness (QED) is 0.715. The minimum atomic E-state index is 0.106. The van der Waals surface area contributed by atoms with Crippen molar-refractivity contribution in [1.29, 1.82) is 0 Å². The fourth-order valence-corrected chi connectivity index (χ4v) is 3.58. The Kier molecular flexibility index (Phi) is 6.93. The van der Waals surface area contributed by atoms with Crippen LogP contribution in [0.15, 0.2) is 0 Å². The Morgan fingerprint density at radius 1 is 1.29 bits per heavy atom. The van der Waals surface area contributed by atoms with E-state index in [1.807, 2.05) is 11.8 Å². The monoisotopic (exact) mass is 297 g/mol. The van der Waals surface area contributed by atoms with Gasteiger partial charge in [-0.05, 0) is 59.2 Å². The van der Waals surface area contributed by atoms with E-state index in [0.29, 0.717) is 18.6 Å². The fraction of sp³-hybridized carbons (Fsp3) is 0.938. The lowest BCUT2D eigenvalue weighted by Gasteiger charge is -2.37. The van der Waals surface area contributed by atoms with Crippen LogP contribution in [-0.2, 0) is 9.53 Å². The van der Waals surface area contributed by atoms with Crippen molar-refractivity contribution in [2.45, 2.75) is 51.6 Å². The van der Waals surface area contributed by atoms with Crippen molar-refractivity contribution in [2.24, 2.45) is 0 Å². The molecule has 2 aliphatic heterocycles. The number of amides is 1. The summed E-state index contributed by atoms with van der Waals surface area (Å²) in [4.78, 5) is 17.3. The van der Waals surface area contributed by atoms with Crippen LogP contribution < -0.4 is 5.32 Å². The van der Waals surface area contributed by atoms with Gasteiger partial charge in [0.25, 0.3) is 0 Å². The molecule has 0 aromatic heterocycles. The highest BCUT2D eigenvalue weighted by Gasteiger charge is 2.37. The molecule has 0 radical (unpaired) electrons. The summed E-state index contributed by atoms with van der Waals surface area (Å²) >= 11 is 0. The SMILES string of the molecule is CCOCCN(CC)C(=O)C1CCCN1C1CCNCC1. The van der Waals surface area contributed by atoms with E-state index in [1.54, 1.807) is 0 Å². The Morgan fingerprint density at radius 3 is 2.71 bits per heavy atom. The van der Waals surface area contributed by atoms with Crippen LogP contribution in [0.2, 0.25) is 0 Å². The Bertz CT molecular complexity index is 319. The summed E-state index contributed by atoms with van der Waals surface area (Å²) < 4.78 is 5.41. The minimum absolute atomic E-state index is 0.106. The van der Waals surface area contributed by atoms with Gasteiger partial charge in [0.2, 0.25) is 5.91 Å². The zero-order valence-corrected chi connectivity index (χ0v) is 13.6. The highest BCUT2D eigenvalue weighted by molar-refractivity contribution is 5.82. The lowest BCUT2D eigenvalue weighted by Crippen LogP contribution is -2.52. The summed E-state index contributed by atoms with van der Waals surface area (Å²) in [6.45, 7) is 10.2. The van der Waals surface area contributed by atoms with Crippen molar-refractivity contribution in [1.82, 2.24) is 15.1 Å². The second-order valence-corrected chi connectivity index (χ2v) is 5.99. The van der Waals surface area contributed by atoms with Gasteiger partial charge < -0.3 is 15.0 Å². The van der Waals surface area contributed by atoms with Gasteiger partial charge in [-0.3, -0.25) is 9.69 Å². The van der Waals surface area contributed by atoms with Crippen LogP contribution in [0.3, 0.4) is 0 Å². The molecule has 1 unspecified atom stereocenters. The van der Waals surface area contributed by atoms with E-state index in [9.17, 15) is 4.79 Å². The third-order valence-corrected chi connectivity index (χ3v) is 4.76. The number of hydrogen-bond donors (Lipinski definition) is 1. The van der Waals surface area contributed by atoms with Crippen molar-refractivity contribution in [3.63, 3.8) is 0 Å². The number of likely N-dealkylation sites (tertiary alicyclic amines) is 1. The van der Waals surface area contributed by atoms with E-state index in [-0.39, 0.29) is 6.04 Å². The fourth-order valence-electron chi connectivity index (χ4n) is 3.58. The number of carbonyl (C=O) groups is 1. The molecule has 0 aliphatic carbocycles. The molecule has 1 atom stereocenters. The number of ether oxygens (including phenoxy) is 1. The van der Waals surface area contributed by atoms with E-state index in [1.165, 1.54) is 12.8 Å².